The highest BCUT2D eigenvalue weighted by Gasteiger charge is 2.21. The third-order valence-corrected chi connectivity index (χ3v) is 5.19. The summed E-state index contributed by atoms with van der Waals surface area (Å²) < 4.78 is 11.9. The van der Waals surface area contributed by atoms with E-state index in [1.165, 1.54) is 18.2 Å². The molecule has 3 rings (SSSR count). The quantitative estimate of drug-likeness (QED) is 0.142. The van der Waals surface area contributed by atoms with Gasteiger partial charge >= 0.3 is 5.97 Å². The van der Waals surface area contributed by atoms with Gasteiger partial charge in [0.2, 0.25) is 5.04 Å². The number of methoxy groups -OCH3 is 1. The Bertz CT molecular complexity index is 1150. The number of carbonyl (C=O) groups excluding carboxylic acids is 1. The summed E-state index contributed by atoms with van der Waals surface area (Å²) in [5, 5.41) is 23.9. The van der Waals surface area contributed by atoms with Crippen LogP contribution in [0.4, 0.5) is 11.4 Å². The van der Waals surface area contributed by atoms with Crippen molar-refractivity contribution in [2.45, 2.75) is 12.1 Å². The molecule has 0 spiro atoms. The molecule has 0 bridgehead atoms. The summed E-state index contributed by atoms with van der Waals surface area (Å²) in [7, 11) is 3.33. The first kappa shape index (κ1) is 22.7. The molecular weight excluding hydrogens is 436 g/mol. The van der Waals surface area contributed by atoms with Crippen molar-refractivity contribution >= 4 is 34.1 Å². The molecule has 0 atom stereocenters. The molecule has 0 saturated carbocycles. The number of thioether (sulfide) groups is 1. The van der Waals surface area contributed by atoms with Crippen LogP contribution in [0.1, 0.15) is 6.92 Å². The Morgan fingerprint density at radius 2 is 1.94 bits per heavy atom. The minimum absolute atomic E-state index is 0.0817. The Morgan fingerprint density at radius 3 is 2.59 bits per heavy atom. The van der Waals surface area contributed by atoms with E-state index >= 15 is 0 Å². The number of benzene rings is 2. The van der Waals surface area contributed by atoms with E-state index in [0.29, 0.717) is 16.7 Å². The minimum Gasteiger partial charge on any atom is -0.497 e. The third-order valence-electron chi connectivity index (χ3n) is 4.20. The van der Waals surface area contributed by atoms with Crippen molar-refractivity contribution in [1.82, 2.24) is 14.8 Å². The zero-order valence-electron chi connectivity index (χ0n) is 17.5. The van der Waals surface area contributed by atoms with Crippen LogP contribution in [-0.2, 0) is 16.6 Å². The number of nitrogens with zero attached hydrogens (tertiary/aromatic N) is 5. The molecule has 11 nitrogen and oxygen atoms in total. The Hall–Kier alpha value is -3.93. The van der Waals surface area contributed by atoms with Gasteiger partial charge in [-0.05, 0) is 49.0 Å². The van der Waals surface area contributed by atoms with Gasteiger partial charge in [-0.2, -0.15) is 5.10 Å². The number of carbonyl (C=O) groups is 1. The maximum atomic E-state index is 12.4. The summed E-state index contributed by atoms with van der Waals surface area (Å²) in [6.07, 6.45) is 0. The maximum Gasteiger partial charge on any atom is 0.365 e. The van der Waals surface area contributed by atoms with E-state index in [2.05, 4.69) is 20.7 Å². The van der Waals surface area contributed by atoms with Crippen LogP contribution in [0.5, 0.6) is 5.75 Å². The summed E-state index contributed by atoms with van der Waals surface area (Å²) in [6.45, 7) is 1.81. The van der Waals surface area contributed by atoms with Crippen LogP contribution in [0.2, 0.25) is 0 Å². The fourth-order valence-electron chi connectivity index (χ4n) is 2.62. The van der Waals surface area contributed by atoms with Crippen molar-refractivity contribution in [2.75, 3.05) is 19.1 Å². The van der Waals surface area contributed by atoms with E-state index in [4.69, 9.17) is 9.47 Å². The Kier molecular flexibility index (Phi) is 7.39. The van der Waals surface area contributed by atoms with Crippen LogP contribution in [0.15, 0.2) is 58.8 Å². The monoisotopic (exact) mass is 456 g/mol. The molecule has 0 aliphatic rings. The molecular formula is C20H20N6O5S. The van der Waals surface area contributed by atoms with Gasteiger partial charge in [0, 0.05) is 18.7 Å². The molecule has 0 saturated heterocycles. The average Bonchev–Trinajstić information content (AvgIpc) is 3.16. The Balaban J connectivity index is 1.88. The summed E-state index contributed by atoms with van der Waals surface area (Å²) in [5.41, 5.74) is 3.34. The number of hydrogen-bond acceptors (Lipinski definition) is 10. The number of hydrogen-bond donors (Lipinski definition) is 1. The van der Waals surface area contributed by atoms with Crippen molar-refractivity contribution in [3.8, 4) is 17.1 Å². The molecule has 0 amide bonds. The molecule has 1 heterocycles. The van der Waals surface area contributed by atoms with Crippen LogP contribution in [0, 0.1) is 10.1 Å². The van der Waals surface area contributed by atoms with Gasteiger partial charge in [-0.15, -0.1) is 10.2 Å². The summed E-state index contributed by atoms with van der Waals surface area (Å²) in [4.78, 5) is 23.1. The van der Waals surface area contributed by atoms with Gasteiger partial charge in [-0.3, -0.25) is 15.5 Å². The van der Waals surface area contributed by atoms with E-state index < -0.39 is 10.9 Å². The van der Waals surface area contributed by atoms with Crippen molar-refractivity contribution in [2.24, 2.45) is 12.1 Å². The van der Waals surface area contributed by atoms with Crippen LogP contribution >= 0.6 is 11.8 Å². The van der Waals surface area contributed by atoms with Crippen molar-refractivity contribution in [3.63, 3.8) is 0 Å². The molecule has 3 aromatic rings. The van der Waals surface area contributed by atoms with Crippen molar-refractivity contribution < 1.29 is 19.2 Å². The first-order chi connectivity index (χ1) is 15.4. The van der Waals surface area contributed by atoms with Gasteiger partial charge in [0.15, 0.2) is 11.0 Å². The second kappa shape index (κ2) is 10.4. The number of nitro benzene ring substituents is 1. The molecule has 12 heteroatoms. The van der Waals surface area contributed by atoms with Gasteiger partial charge in [-0.1, -0.05) is 12.1 Å². The molecule has 32 heavy (non-hydrogen) atoms. The molecule has 1 N–H and O–H groups in total. The highest BCUT2D eigenvalue weighted by molar-refractivity contribution is 8.15. The molecule has 0 unspecified atom stereocenters. The first-order valence-corrected chi connectivity index (χ1v) is 10.2. The Morgan fingerprint density at radius 1 is 1.22 bits per heavy atom. The molecule has 0 aliphatic heterocycles. The number of esters is 1. The van der Waals surface area contributed by atoms with E-state index in [1.807, 2.05) is 12.1 Å². The fourth-order valence-corrected chi connectivity index (χ4v) is 3.33. The standard InChI is InChI=1S/C20H20N6O5S/c1-4-31-19(27)18(23-21-15-7-5-6-8-16(15)26(28)29)32-20-24-22-17(25(20)2)13-9-11-14(30-3)12-10-13/h5-12,21H,4H2,1-3H3/b23-18+. The highest BCUT2D eigenvalue weighted by atomic mass is 32.2. The van der Waals surface area contributed by atoms with E-state index in [9.17, 15) is 14.9 Å². The summed E-state index contributed by atoms with van der Waals surface area (Å²) in [6, 6.07) is 13.3. The van der Waals surface area contributed by atoms with Crippen molar-refractivity contribution in [1.29, 1.82) is 0 Å². The predicted molar refractivity (Wildman–Crippen MR) is 120 cm³/mol. The number of nitrogens with one attached hydrogen (secondary N) is 1. The van der Waals surface area contributed by atoms with Crippen LogP contribution in [-0.4, -0.2) is 44.4 Å². The number of anilines is 1. The first-order valence-electron chi connectivity index (χ1n) is 9.40. The Labute approximate surface area is 187 Å². The zero-order chi connectivity index (χ0) is 23.1. The van der Waals surface area contributed by atoms with E-state index in [0.717, 1.165) is 17.3 Å². The smallest absolute Gasteiger partial charge is 0.365 e. The number of ether oxygens (including phenoxy) is 2. The summed E-state index contributed by atoms with van der Waals surface area (Å²) >= 11 is 0.928. The van der Waals surface area contributed by atoms with E-state index in [1.54, 1.807) is 43.8 Å². The lowest BCUT2D eigenvalue weighted by atomic mass is 10.2. The summed E-state index contributed by atoms with van der Waals surface area (Å²) in [5.74, 6) is 0.589. The lowest BCUT2D eigenvalue weighted by molar-refractivity contribution is -0.384. The lowest BCUT2D eigenvalue weighted by Crippen LogP contribution is -2.17. The molecule has 166 valence electrons. The normalized spacial score (nSPS) is 11.2. The third kappa shape index (κ3) is 5.21. The average molecular weight is 456 g/mol. The fraction of sp³-hybridized carbons (Fsp3) is 0.200. The van der Waals surface area contributed by atoms with Crippen LogP contribution in [0.25, 0.3) is 11.4 Å². The largest absolute Gasteiger partial charge is 0.497 e. The number of aromatic nitrogens is 3. The number of rotatable bonds is 7. The van der Waals surface area contributed by atoms with Gasteiger partial charge in [-0.25, -0.2) is 4.79 Å². The van der Waals surface area contributed by atoms with Crippen LogP contribution in [0.3, 0.4) is 0 Å². The van der Waals surface area contributed by atoms with E-state index in [-0.39, 0.29) is 23.0 Å². The number of hydrazone groups is 1. The second-order valence-corrected chi connectivity index (χ2v) is 7.18. The molecule has 2 aromatic carbocycles. The van der Waals surface area contributed by atoms with Crippen molar-refractivity contribution in [3.05, 3.63) is 58.6 Å². The topological polar surface area (TPSA) is 134 Å². The van der Waals surface area contributed by atoms with Gasteiger partial charge in [0.25, 0.3) is 5.69 Å². The van der Waals surface area contributed by atoms with Gasteiger partial charge < -0.3 is 14.0 Å². The molecule has 0 radical (unpaired) electrons. The SMILES string of the molecule is CCOC(=O)/C(=N\Nc1ccccc1[N+](=O)[O-])Sc1nnc(-c2ccc(OC)cc2)n1C. The van der Waals surface area contributed by atoms with Crippen LogP contribution < -0.4 is 10.2 Å². The lowest BCUT2D eigenvalue weighted by Gasteiger charge is -2.08. The second-order valence-electron chi connectivity index (χ2n) is 6.22. The predicted octanol–water partition coefficient (Wildman–Crippen LogP) is 3.48. The van der Waals surface area contributed by atoms with Gasteiger partial charge in [0.1, 0.15) is 11.4 Å². The molecule has 0 aliphatic carbocycles. The minimum atomic E-state index is -0.697. The molecule has 0 fully saturated rings. The number of para-hydroxylation sites is 2. The molecule has 1 aromatic heterocycles. The maximum absolute atomic E-state index is 12.4. The zero-order valence-corrected chi connectivity index (χ0v) is 18.3. The number of nitro groups is 1. The van der Waals surface area contributed by atoms with Gasteiger partial charge in [0.05, 0.1) is 18.6 Å². The highest BCUT2D eigenvalue weighted by Crippen LogP contribution is 2.27.